The zero-order valence-electron chi connectivity index (χ0n) is 19.1. The fourth-order valence-electron chi connectivity index (χ4n) is 5.64. The van der Waals surface area contributed by atoms with Crippen molar-refractivity contribution in [2.75, 3.05) is 19.6 Å². The van der Waals surface area contributed by atoms with Crippen molar-refractivity contribution in [3.8, 4) is 5.75 Å². The minimum Gasteiger partial charge on any atom is -0.427 e. The largest absolute Gasteiger partial charge is 0.427 e. The molecule has 1 saturated carbocycles. The molecule has 4 atom stereocenters. The Kier molecular flexibility index (Phi) is 6.96. The van der Waals surface area contributed by atoms with Gasteiger partial charge in [0.25, 0.3) is 5.91 Å². The lowest BCUT2D eigenvalue weighted by atomic mass is 9.57. The first-order chi connectivity index (χ1) is 15.9. The van der Waals surface area contributed by atoms with Crippen molar-refractivity contribution in [1.82, 2.24) is 10.2 Å². The first-order valence-corrected chi connectivity index (χ1v) is 11.6. The number of ether oxygens (including phenoxy) is 1. The fraction of sp³-hybridized carbons (Fsp3) is 0.407. The normalized spacial score (nSPS) is 27.3. The van der Waals surface area contributed by atoms with E-state index in [1.54, 1.807) is 18.2 Å². The molecule has 0 spiro atoms. The highest BCUT2D eigenvalue weighted by Gasteiger charge is 2.52. The molecular formula is C27H32N2O4. The lowest BCUT2D eigenvalue weighted by Gasteiger charge is -2.54. The van der Waals surface area contributed by atoms with Gasteiger partial charge in [-0.05, 0) is 55.6 Å². The highest BCUT2D eigenvalue weighted by atomic mass is 16.5. The Morgan fingerprint density at radius 3 is 2.76 bits per heavy atom. The first-order valence-electron chi connectivity index (χ1n) is 11.6. The summed E-state index contributed by atoms with van der Waals surface area (Å²) in [7, 11) is 0. The van der Waals surface area contributed by atoms with Crippen LogP contribution in [0.3, 0.4) is 0 Å². The number of likely N-dealkylation sites (tertiary alicyclic amines) is 1. The summed E-state index contributed by atoms with van der Waals surface area (Å²) >= 11 is 0. The standard InChI is InChI=1S/C27H32N2O4/c1-3-13-29-14-12-27(21-10-7-11-23(15-21)33-19(2)30)17-22(16-25(31)24(27)18-29)28-26(32)20-8-5-4-6-9-20/h3-11,15,22,24-25,31H,1,12-14,16-18H2,2H3,(H,28,32)/t22-,24?,25?,27?/m1/s1. The number of piperidine rings is 1. The van der Waals surface area contributed by atoms with E-state index in [0.29, 0.717) is 17.7 Å². The van der Waals surface area contributed by atoms with Crippen molar-refractivity contribution in [2.45, 2.75) is 43.7 Å². The van der Waals surface area contributed by atoms with E-state index in [0.717, 1.165) is 38.0 Å². The summed E-state index contributed by atoms with van der Waals surface area (Å²) in [6.07, 6.45) is 3.40. The summed E-state index contributed by atoms with van der Waals surface area (Å²) in [4.78, 5) is 26.7. The van der Waals surface area contributed by atoms with Gasteiger partial charge >= 0.3 is 5.97 Å². The summed E-state index contributed by atoms with van der Waals surface area (Å²) in [5.74, 6) is 0.0214. The number of benzene rings is 2. The van der Waals surface area contributed by atoms with Crippen LogP contribution in [0.2, 0.25) is 0 Å². The maximum absolute atomic E-state index is 12.9. The van der Waals surface area contributed by atoms with E-state index in [9.17, 15) is 14.7 Å². The van der Waals surface area contributed by atoms with Crippen LogP contribution in [0.15, 0.2) is 67.3 Å². The maximum Gasteiger partial charge on any atom is 0.308 e. The van der Waals surface area contributed by atoms with Crippen molar-refractivity contribution >= 4 is 11.9 Å². The van der Waals surface area contributed by atoms with Gasteiger partial charge in [0.05, 0.1) is 6.10 Å². The summed E-state index contributed by atoms with van der Waals surface area (Å²) in [6, 6.07) is 16.7. The predicted molar refractivity (Wildman–Crippen MR) is 127 cm³/mol. The molecule has 6 heteroatoms. The number of aliphatic hydroxyl groups is 1. The van der Waals surface area contributed by atoms with E-state index in [1.165, 1.54) is 6.92 Å². The number of hydrogen-bond donors (Lipinski definition) is 2. The van der Waals surface area contributed by atoms with E-state index in [-0.39, 0.29) is 29.3 Å². The highest BCUT2D eigenvalue weighted by molar-refractivity contribution is 5.94. The zero-order chi connectivity index (χ0) is 23.4. The molecule has 33 heavy (non-hydrogen) atoms. The van der Waals surface area contributed by atoms with Crippen LogP contribution in [0, 0.1) is 5.92 Å². The Balaban J connectivity index is 1.65. The molecule has 1 aliphatic carbocycles. The third kappa shape index (κ3) is 5.02. The lowest BCUT2D eigenvalue weighted by Crippen LogP contribution is -2.61. The van der Waals surface area contributed by atoms with Gasteiger partial charge in [0.2, 0.25) is 0 Å². The third-order valence-corrected chi connectivity index (χ3v) is 7.07. The number of aliphatic hydroxyl groups excluding tert-OH is 1. The van der Waals surface area contributed by atoms with Crippen LogP contribution < -0.4 is 10.1 Å². The van der Waals surface area contributed by atoms with Crippen LogP contribution in [0.25, 0.3) is 0 Å². The molecule has 2 aromatic carbocycles. The third-order valence-electron chi connectivity index (χ3n) is 7.07. The summed E-state index contributed by atoms with van der Waals surface area (Å²) in [5, 5.41) is 14.5. The number of carbonyl (C=O) groups is 2. The molecule has 2 N–H and O–H groups in total. The second kappa shape index (κ2) is 9.89. The van der Waals surface area contributed by atoms with Gasteiger partial charge in [-0.2, -0.15) is 0 Å². The predicted octanol–water partition coefficient (Wildman–Crippen LogP) is 3.31. The number of nitrogens with zero attached hydrogens (tertiary/aromatic N) is 1. The Bertz CT molecular complexity index is 1010. The molecule has 2 fully saturated rings. The molecule has 0 bridgehead atoms. The van der Waals surface area contributed by atoms with Gasteiger partial charge in [-0.3, -0.25) is 14.5 Å². The van der Waals surface area contributed by atoms with Crippen LogP contribution in [-0.4, -0.2) is 53.7 Å². The number of hydrogen-bond acceptors (Lipinski definition) is 5. The minimum absolute atomic E-state index is 0.00338. The first kappa shape index (κ1) is 23.2. The number of rotatable bonds is 6. The van der Waals surface area contributed by atoms with Crippen molar-refractivity contribution in [1.29, 1.82) is 0 Å². The summed E-state index contributed by atoms with van der Waals surface area (Å²) in [5.41, 5.74) is 1.32. The topological polar surface area (TPSA) is 78.9 Å². The molecule has 2 aromatic rings. The van der Waals surface area contributed by atoms with Gasteiger partial charge in [-0.25, -0.2) is 0 Å². The second-order valence-electron chi connectivity index (χ2n) is 9.23. The number of carbonyl (C=O) groups excluding carboxylic acids is 2. The van der Waals surface area contributed by atoms with Crippen LogP contribution in [-0.2, 0) is 10.2 Å². The van der Waals surface area contributed by atoms with Crippen molar-refractivity contribution in [3.63, 3.8) is 0 Å². The fourth-order valence-corrected chi connectivity index (χ4v) is 5.64. The van der Waals surface area contributed by atoms with Gasteiger partial charge in [-0.15, -0.1) is 6.58 Å². The van der Waals surface area contributed by atoms with Gasteiger partial charge in [0.1, 0.15) is 5.75 Å². The quantitative estimate of drug-likeness (QED) is 0.403. The molecule has 6 nitrogen and oxygen atoms in total. The number of amides is 1. The van der Waals surface area contributed by atoms with E-state index >= 15 is 0 Å². The van der Waals surface area contributed by atoms with E-state index in [1.807, 2.05) is 36.4 Å². The molecule has 4 rings (SSSR count). The molecule has 174 valence electrons. The molecular weight excluding hydrogens is 416 g/mol. The minimum atomic E-state index is -0.565. The number of fused-ring (bicyclic) bond motifs is 1. The summed E-state index contributed by atoms with van der Waals surface area (Å²) < 4.78 is 5.36. The molecule has 3 unspecified atom stereocenters. The monoisotopic (exact) mass is 448 g/mol. The van der Waals surface area contributed by atoms with Crippen molar-refractivity contribution in [2.24, 2.45) is 5.92 Å². The second-order valence-corrected chi connectivity index (χ2v) is 9.23. The molecule has 2 aliphatic rings. The van der Waals surface area contributed by atoms with E-state index < -0.39 is 6.10 Å². The molecule has 1 aliphatic heterocycles. The van der Waals surface area contributed by atoms with Crippen molar-refractivity contribution < 1.29 is 19.4 Å². The molecule has 1 saturated heterocycles. The maximum atomic E-state index is 12.9. The zero-order valence-corrected chi connectivity index (χ0v) is 19.1. The Labute approximate surface area is 195 Å². The van der Waals surface area contributed by atoms with Crippen LogP contribution in [0.1, 0.15) is 42.1 Å². The summed E-state index contributed by atoms with van der Waals surface area (Å²) in [6.45, 7) is 7.66. The SMILES string of the molecule is C=CCN1CCC2(c3cccc(OC(C)=O)c3)C[C@H](NC(=O)c3ccccc3)CC(O)C2C1. The lowest BCUT2D eigenvalue weighted by molar-refractivity contribution is -0.131. The Morgan fingerprint density at radius 1 is 1.24 bits per heavy atom. The average Bonchev–Trinajstić information content (AvgIpc) is 2.80. The average molecular weight is 449 g/mol. The highest BCUT2D eigenvalue weighted by Crippen LogP contribution is 2.49. The molecule has 0 aromatic heterocycles. The molecule has 1 amide bonds. The molecule has 1 heterocycles. The van der Waals surface area contributed by atoms with Crippen LogP contribution in [0.4, 0.5) is 0 Å². The van der Waals surface area contributed by atoms with Crippen LogP contribution >= 0.6 is 0 Å². The van der Waals surface area contributed by atoms with Crippen molar-refractivity contribution in [3.05, 3.63) is 78.4 Å². The van der Waals surface area contributed by atoms with Crippen LogP contribution in [0.5, 0.6) is 5.75 Å². The van der Waals surface area contributed by atoms with E-state index in [2.05, 4.69) is 22.9 Å². The van der Waals surface area contributed by atoms with Gasteiger partial charge in [0, 0.05) is 43.0 Å². The van der Waals surface area contributed by atoms with E-state index in [4.69, 9.17) is 4.74 Å². The van der Waals surface area contributed by atoms with Gasteiger partial charge in [0.15, 0.2) is 0 Å². The van der Waals surface area contributed by atoms with Gasteiger partial charge in [-0.1, -0.05) is 36.4 Å². The number of nitrogens with one attached hydrogen (secondary N) is 1. The smallest absolute Gasteiger partial charge is 0.308 e. The molecule has 0 radical (unpaired) electrons. The number of esters is 1. The van der Waals surface area contributed by atoms with Gasteiger partial charge < -0.3 is 15.2 Å². The Morgan fingerprint density at radius 2 is 2.03 bits per heavy atom. The Hall–Kier alpha value is -2.96.